The van der Waals surface area contributed by atoms with Gasteiger partial charge in [0.2, 0.25) is 5.89 Å². The summed E-state index contributed by atoms with van der Waals surface area (Å²) in [5.41, 5.74) is 5.39. The Morgan fingerprint density at radius 3 is 3.20 bits per heavy atom. The first kappa shape index (κ1) is 10.8. The van der Waals surface area contributed by atoms with Crippen LogP contribution in [0.3, 0.4) is 0 Å². The van der Waals surface area contributed by atoms with Gasteiger partial charge >= 0.3 is 6.01 Å². The number of anilines is 1. The fraction of sp³-hybridized carbons (Fsp3) is 0.778. The fourth-order valence-electron chi connectivity index (χ4n) is 1.56. The summed E-state index contributed by atoms with van der Waals surface area (Å²) in [6.07, 6.45) is 3.24. The maximum absolute atomic E-state index is 5.39. The number of hydrogen-bond acceptors (Lipinski definition) is 6. The van der Waals surface area contributed by atoms with E-state index in [0.29, 0.717) is 30.1 Å². The summed E-state index contributed by atoms with van der Waals surface area (Å²) in [6, 6.07) is 0.519. The SMILES string of the molecule is NCCc1nnc(NCC2CCCS2)o1. The van der Waals surface area contributed by atoms with Crippen molar-refractivity contribution in [3.05, 3.63) is 5.89 Å². The number of nitrogens with two attached hydrogens (primary N) is 1. The molecule has 0 radical (unpaired) electrons. The topological polar surface area (TPSA) is 77.0 Å². The molecule has 0 amide bonds. The Kier molecular flexibility index (Phi) is 3.85. The van der Waals surface area contributed by atoms with Crippen molar-refractivity contribution in [1.29, 1.82) is 0 Å². The molecule has 1 atom stereocenters. The molecule has 15 heavy (non-hydrogen) atoms. The predicted molar refractivity (Wildman–Crippen MR) is 61.0 cm³/mol. The van der Waals surface area contributed by atoms with Gasteiger partial charge in [0.15, 0.2) is 0 Å². The van der Waals surface area contributed by atoms with Gasteiger partial charge in [0.05, 0.1) is 0 Å². The molecule has 1 aliphatic rings. The molecule has 0 spiro atoms. The minimum Gasteiger partial charge on any atom is -0.408 e. The van der Waals surface area contributed by atoms with Crippen LogP contribution in [0.5, 0.6) is 0 Å². The lowest BCUT2D eigenvalue weighted by molar-refractivity contribution is 0.505. The molecule has 1 unspecified atom stereocenters. The molecular formula is C9H16N4OS. The lowest BCUT2D eigenvalue weighted by atomic mass is 10.2. The highest BCUT2D eigenvalue weighted by Crippen LogP contribution is 2.26. The molecule has 1 aliphatic heterocycles. The number of nitrogens with zero attached hydrogens (tertiary/aromatic N) is 2. The average Bonchev–Trinajstić information content (AvgIpc) is 2.85. The lowest BCUT2D eigenvalue weighted by Crippen LogP contribution is -2.13. The first-order valence-electron chi connectivity index (χ1n) is 5.26. The Labute approximate surface area is 93.2 Å². The third-order valence-corrected chi connectivity index (χ3v) is 3.73. The summed E-state index contributed by atoms with van der Waals surface area (Å²) in [5.74, 6) is 1.88. The first-order chi connectivity index (χ1) is 7.38. The van der Waals surface area contributed by atoms with E-state index in [-0.39, 0.29) is 0 Å². The minimum absolute atomic E-state index is 0.519. The molecule has 0 aromatic carbocycles. The Hall–Kier alpha value is -0.750. The Bertz CT molecular complexity index is 298. The third-order valence-electron chi connectivity index (χ3n) is 2.33. The van der Waals surface area contributed by atoms with Crippen LogP contribution in [0.2, 0.25) is 0 Å². The summed E-state index contributed by atoms with van der Waals surface area (Å²) in [7, 11) is 0. The number of aromatic nitrogens is 2. The van der Waals surface area contributed by atoms with Crippen molar-refractivity contribution in [3.63, 3.8) is 0 Å². The molecule has 0 saturated carbocycles. The van der Waals surface area contributed by atoms with E-state index in [0.717, 1.165) is 6.54 Å². The standard InChI is InChI=1S/C9H16N4OS/c10-4-3-8-12-13-9(14-8)11-6-7-2-1-5-15-7/h7H,1-6,10H2,(H,11,13). The van der Waals surface area contributed by atoms with E-state index in [1.807, 2.05) is 11.8 Å². The molecule has 84 valence electrons. The van der Waals surface area contributed by atoms with E-state index >= 15 is 0 Å². The minimum atomic E-state index is 0.519. The van der Waals surface area contributed by atoms with Crippen molar-refractivity contribution in [2.45, 2.75) is 24.5 Å². The van der Waals surface area contributed by atoms with Crippen molar-refractivity contribution < 1.29 is 4.42 Å². The van der Waals surface area contributed by atoms with Gasteiger partial charge in [0.25, 0.3) is 0 Å². The second-order valence-corrected chi connectivity index (χ2v) is 4.96. The molecule has 0 aliphatic carbocycles. The highest BCUT2D eigenvalue weighted by atomic mass is 32.2. The van der Waals surface area contributed by atoms with Gasteiger partial charge in [-0.15, -0.1) is 5.10 Å². The van der Waals surface area contributed by atoms with Gasteiger partial charge in [-0.25, -0.2) is 0 Å². The average molecular weight is 228 g/mol. The van der Waals surface area contributed by atoms with E-state index in [1.165, 1.54) is 18.6 Å². The van der Waals surface area contributed by atoms with Crippen LogP contribution in [0.1, 0.15) is 18.7 Å². The second kappa shape index (κ2) is 5.37. The molecule has 2 rings (SSSR count). The van der Waals surface area contributed by atoms with Crippen molar-refractivity contribution in [3.8, 4) is 0 Å². The zero-order valence-electron chi connectivity index (χ0n) is 8.61. The van der Waals surface area contributed by atoms with Crippen LogP contribution in [-0.4, -0.2) is 34.3 Å². The molecule has 5 nitrogen and oxygen atoms in total. The predicted octanol–water partition coefficient (Wildman–Crippen LogP) is 0.878. The van der Waals surface area contributed by atoms with Crippen molar-refractivity contribution in [2.24, 2.45) is 5.73 Å². The molecule has 1 saturated heterocycles. The van der Waals surface area contributed by atoms with Crippen LogP contribution in [0, 0.1) is 0 Å². The maximum atomic E-state index is 5.39. The van der Waals surface area contributed by atoms with Gasteiger partial charge in [-0.1, -0.05) is 5.10 Å². The van der Waals surface area contributed by atoms with Gasteiger partial charge in [-0.05, 0) is 18.6 Å². The van der Waals surface area contributed by atoms with E-state index in [2.05, 4.69) is 15.5 Å². The molecule has 1 fully saturated rings. The maximum Gasteiger partial charge on any atom is 0.315 e. The molecule has 3 N–H and O–H groups in total. The second-order valence-electron chi connectivity index (χ2n) is 3.56. The van der Waals surface area contributed by atoms with Crippen LogP contribution in [0.4, 0.5) is 6.01 Å². The number of rotatable bonds is 5. The highest BCUT2D eigenvalue weighted by molar-refractivity contribution is 8.00. The van der Waals surface area contributed by atoms with Crippen LogP contribution >= 0.6 is 11.8 Å². The zero-order chi connectivity index (χ0) is 10.5. The van der Waals surface area contributed by atoms with Crippen LogP contribution in [0.15, 0.2) is 4.42 Å². The number of nitrogens with one attached hydrogen (secondary N) is 1. The van der Waals surface area contributed by atoms with Gasteiger partial charge in [0.1, 0.15) is 0 Å². The highest BCUT2D eigenvalue weighted by Gasteiger charge is 2.16. The van der Waals surface area contributed by atoms with E-state index in [1.54, 1.807) is 0 Å². The summed E-state index contributed by atoms with van der Waals surface area (Å²) in [5, 5.41) is 11.6. The summed E-state index contributed by atoms with van der Waals surface area (Å²) >= 11 is 2.01. The molecule has 0 bridgehead atoms. The largest absolute Gasteiger partial charge is 0.408 e. The zero-order valence-corrected chi connectivity index (χ0v) is 9.42. The van der Waals surface area contributed by atoms with Gasteiger partial charge in [0, 0.05) is 24.8 Å². The molecule has 6 heteroatoms. The van der Waals surface area contributed by atoms with E-state index < -0.39 is 0 Å². The summed E-state index contributed by atoms with van der Waals surface area (Å²) in [4.78, 5) is 0. The molecule has 1 aromatic heterocycles. The van der Waals surface area contributed by atoms with Crippen LogP contribution in [0.25, 0.3) is 0 Å². The fourth-order valence-corrected chi connectivity index (χ4v) is 2.76. The van der Waals surface area contributed by atoms with E-state index in [9.17, 15) is 0 Å². The van der Waals surface area contributed by atoms with Gasteiger partial charge in [-0.2, -0.15) is 11.8 Å². The van der Waals surface area contributed by atoms with E-state index in [4.69, 9.17) is 10.2 Å². The summed E-state index contributed by atoms with van der Waals surface area (Å²) < 4.78 is 5.36. The first-order valence-corrected chi connectivity index (χ1v) is 6.31. The third kappa shape index (κ3) is 3.10. The number of hydrogen-bond donors (Lipinski definition) is 2. The molecule has 1 aromatic rings. The quantitative estimate of drug-likeness (QED) is 0.779. The van der Waals surface area contributed by atoms with Gasteiger partial charge in [-0.3, -0.25) is 0 Å². The Balaban J connectivity index is 1.77. The van der Waals surface area contributed by atoms with Crippen molar-refractivity contribution in [1.82, 2.24) is 10.2 Å². The molecule has 2 heterocycles. The van der Waals surface area contributed by atoms with Crippen molar-refractivity contribution in [2.75, 3.05) is 24.2 Å². The number of thioether (sulfide) groups is 1. The molecular weight excluding hydrogens is 212 g/mol. The van der Waals surface area contributed by atoms with Gasteiger partial charge < -0.3 is 15.5 Å². The summed E-state index contributed by atoms with van der Waals surface area (Å²) in [6.45, 7) is 1.45. The van der Waals surface area contributed by atoms with Crippen molar-refractivity contribution >= 4 is 17.8 Å². The Morgan fingerprint density at radius 1 is 1.53 bits per heavy atom. The normalized spacial score (nSPS) is 20.7. The van der Waals surface area contributed by atoms with Crippen LogP contribution in [-0.2, 0) is 6.42 Å². The lowest BCUT2D eigenvalue weighted by Gasteiger charge is -2.06. The Morgan fingerprint density at radius 2 is 2.47 bits per heavy atom. The smallest absolute Gasteiger partial charge is 0.315 e. The van der Waals surface area contributed by atoms with Crippen LogP contribution < -0.4 is 11.1 Å². The monoisotopic (exact) mass is 228 g/mol.